The van der Waals surface area contributed by atoms with Crippen molar-refractivity contribution >= 4 is 56.6 Å². The van der Waals surface area contributed by atoms with Gasteiger partial charge in [0.2, 0.25) is 4.80 Å². The lowest BCUT2D eigenvalue weighted by Crippen LogP contribution is -2.18. The molecule has 0 aliphatic rings. The fourth-order valence-electron chi connectivity index (χ4n) is 1.71. The van der Waals surface area contributed by atoms with Crippen LogP contribution < -0.4 is 10.2 Å². The number of ether oxygens (including phenoxy) is 1. The van der Waals surface area contributed by atoms with Crippen LogP contribution in [0, 0.1) is 0 Å². The predicted octanol–water partition coefficient (Wildman–Crippen LogP) is 2.82. The summed E-state index contributed by atoms with van der Waals surface area (Å²) in [6, 6.07) is 3.10. The first-order valence-electron chi connectivity index (χ1n) is 7.19. The van der Waals surface area contributed by atoms with Crippen LogP contribution in [-0.2, 0) is 21.3 Å². The summed E-state index contributed by atoms with van der Waals surface area (Å²) < 4.78 is 34.9. The molecule has 0 unspecified atom stereocenters. The fourth-order valence-corrected chi connectivity index (χ4v) is 5.15. The van der Waals surface area contributed by atoms with E-state index in [9.17, 15) is 13.2 Å². The second kappa shape index (κ2) is 9.12. The molecular weight excluding hydrogens is 420 g/mol. The molecule has 140 valence electrons. The largest absolute Gasteiger partial charge is 0.449 e. The molecule has 2 aromatic rings. The number of carbonyl (C=O) groups is 1. The Morgan fingerprint density at radius 1 is 1.54 bits per heavy atom. The van der Waals surface area contributed by atoms with Gasteiger partial charge in [0.25, 0.3) is 10.0 Å². The van der Waals surface area contributed by atoms with E-state index in [2.05, 4.69) is 26.2 Å². The lowest BCUT2D eigenvalue weighted by molar-refractivity contribution is 0.152. The average molecular weight is 435 g/mol. The number of amides is 1. The zero-order valence-corrected chi connectivity index (χ0v) is 16.8. The fraction of sp³-hybridized carbons (Fsp3) is 0.214. The summed E-state index contributed by atoms with van der Waals surface area (Å²) in [7, 11) is -3.85. The highest BCUT2D eigenvalue weighted by Crippen LogP contribution is 2.20. The second-order valence-corrected chi connectivity index (χ2v) is 8.67. The SMILES string of the molecule is C=CCn1c(Cl)c(C=NNC(=O)OCC)sc1=NS(=O)(=O)c1cccs1. The van der Waals surface area contributed by atoms with Gasteiger partial charge in [-0.1, -0.05) is 35.1 Å². The number of nitrogens with zero attached hydrogens (tertiary/aromatic N) is 3. The first kappa shape index (κ1) is 20.4. The summed E-state index contributed by atoms with van der Waals surface area (Å²) in [5.74, 6) is 0. The number of sulfonamides is 1. The van der Waals surface area contributed by atoms with Gasteiger partial charge in [0.15, 0.2) is 0 Å². The number of aromatic nitrogens is 1. The van der Waals surface area contributed by atoms with Crippen molar-refractivity contribution in [2.45, 2.75) is 17.7 Å². The molecule has 0 spiro atoms. The Labute approximate surface area is 163 Å². The van der Waals surface area contributed by atoms with Gasteiger partial charge >= 0.3 is 6.09 Å². The Kier molecular flexibility index (Phi) is 7.14. The quantitative estimate of drug-likeness (QED) is 0.411. The van der Waals surface area contributed by atoms with Gasteiger partial charge in [0.1, 0.15) is 9.36 Å². The molecule has 1 N–H and O–H groups in total. The number of hydrogen-bond donors (Lipinski definition) is 1. The van der Waals surface area contributed by atoms with Gasteiger partial charge in [0.05, 0.1) is 17.7 Å². The molecule has 0 radical (unpaired) electrons. The summed E-state index contributed by atoms with van der Waals surface area (Å²) in [4.78, 5) is 11.8. The van der Waals surface area contributed by atoms with Crippen LogP contribution in [0.1, 0.15) is 11.8 Å². The van der Waals surface area contributed by atoms with Crippen molar-refractivity contribution in [1.29, 1.82) is 0 Å². The molecule has 0 bridgehead atoms. The van der Waals surface area contributed by atoms with Crippen molar-refractivity contribution in [3.8, 4) is 0 Å². The van der Waals surface area contributed by atoms with Gasteiger partial charge in [0, 0.05) is 6.54 Å². The number of thiazole rings is 1. The number of nitrogens with one attached hydrogen (secondary N) is 1. The van der Waals surface area contributed by atoms with Crippen molar-refractivity contribution in [3.63, 3.8) is 0 Å². The molecule has 2 heterocycles. The third-order valence-corrected chi connectivity index (χ3v) is 7.03. The predicted molar refractivity (Wildman–Crippen MR) is 102 cm³/mol. The van der Waals surface area contributed by atoms with Crippen molar-refractivity contribution in [2.75, 3.05) is 6.61 Å². The van der Waals surface area contributed by atoms with E-state index >= 15 is 0 Å². The minimum atomic E-state index is -3.85. The van der Waals surface area contributed by atoms with Gasteiger partial charge in [-0.25, -0.2) is 10.2 Å². The lowest BCUT2D eigenvalue weighted by atomic mass is 10.5. The molecular formula is C14H15ClN4O4S3. The highest BCUT2D eigenvalue weighted by atomic mass is 35.5. The van der Waals surface area contributed by atoms with Crippen LogP contribution in [0.3, 0.4) is 0 Å². The van der Waals surface area contributed by atoms with Crippen molar-refractivity contribution in [2.24, 2.45) is 9.50 Å². The average Bonchev–Trinajstić information content (AvgIpc) is 3.20. The van der Waals surface area contributed by atoms with Gasteiger partial charge < -0.3 is 9.30 Å². The first-order valence-corrected chi connectivity index (χ1v) is 10.7. The van der Waals surface area contributed by atoms with Crippen LogP contribution >= 0.6 is 34.3 Å². The normalized spacial score (nSPS) is 12.5. The van der Waals surface area contributed by atoms with E-state index in [1.807, 2.05) is 0 Å². The third-order valence-electron chi connectivity index (χ3n) is 2.74. The standard InChI is InChI=1S/C14H15ClN4O4S3/c1-3-7-19-12(15)10(9-16-17-14(20)23-4-2)25-13(19)18-26(21,22)11-6-5-8-24-11/h3,5-6,8-9H,1,4,7H2,2H3,(H,17,20). The molecule has 0 aromatic carbocycles. The molecule has 1 amide bonds. The molecule has 2 rings (SSSR count). The zero-order valence-electron chi connectivity index (χ0n) is 13.6. The minimum absolute atomic E-state index is 0.131. The number of thiophene rings is 1. The van der Waals surface area contributed by atoms with Crippen LogP contribution in [0.4, 0.5) is 4.79 Å². The second-order valence-electron chi connectivity index (χ2n) is 4.53. The van der Waals surface area contributed by atoms with E-state index in [-0.39, 0.29) is 27.3 Å². The molecule has 2 aromatic heterocycles. The maximum Gasteiger partial charge on any atom is 0.427 e. The Morgan fingerprint density at radius 3 is 2.92 bits per heavy atom. The van der Waals surface area contributed by atoms with Crippen LogP contribution in [0.25, 0.3) is 0 Å². The molecule has 0 saturated heterocycles. The molecule has 8 nitrogen and oxygen atoms in total. The number of hydrazone groups is 1. The van der Waals surface area contributed by atoms with E-state index in [0.29, 0.717) is 4.88 Å². The number of rotatable bonds is 7. The van der Waals surface area contributed by atoms with E-state index in [4.69, 9.17) is 11.6 Å². The van der Waals surface area contributed by atoms with Gasteiger partial charge in [-0.05, 0) is 18.4 Å². The van der Waals surface area contributed by atoms with E-state index in [1.165, 1.54) is 16.8 Å². The van der Waals surface area contributed by atoms with Gasteiger partial charge in [-0.3, -0.25) is 0 Å². The van der Waals surface area contributed by atoms with Gasteiger partial charge in [-0.2, -0.15) is 13.5 Å². The van der Waals surface area contributed by atoms with Crippen LogP contribution in [0.5, 0.6) is 0 Å². The molecule has 0 saturated carbocycles. The molecule has 12 heteroatoms. The Hall–Kier alpha value is -1.95. The topological polar surface area (TPSA) is 102 Å². The summed E-state index contributed by atoms with van der Waals surface area (Å²) in [6.07, 6.45) is 2.15. The summed E-state index contributed by atoms with van der Waals surface area (Å²) in [5.41, 5.74) is 2.17. The Morgan fingerprint density at radius 2 is 2.31 bits per heavy atom. The highest BCUT2D eigenvalue weighted by molar-refractivity contribution is 7.92. The molecule has 0 atom stereocenters. The smallest absolute Gasteiger partial charge is 0.427 e. The number of allylic oxidation sites excluding steroid dienone is 1. The zero-order chi connectivity index (χ0) is 19.2. The maximum absolute atomic E-state index is 12.4. The van der Waals surface area contributed by atoms with Crippen molar-refractivity contribution in [1.82, 2.24) is 9.99 Å². The molecule has 0 aliphatic heterocycles. The summed E-state index contributed by atoms with van der Waals surface area (Å²) >= 11 is 8.37. The van der Waals surface area contributed by atoms with Crippen molar-refractivity contribution < 1.29 is 17.9 Å². The lowest BCUT2D eigenvalue weighted by Gasteiger charge is -2.00. The molecule has 0 fully saturated rings. The summed E-state index contributed by atoms with van der Waals surface area (Å²) in [5, 5.41) is 5.61. The summed E-state index contributed by atoms with van der Waals surface area (Å²) in [6.45, 7) is 5.76. The van der Waals surface area contributed by atoms with Crippen molar-refractivity contribution in [3.05, 3.63) is 45.0 Å². The van der Waals surface area contributed by atoms with Crippen LogP contribution in [0.15, 0.2) is 43.9 Å². The van der Waals surface area contributed by atoms with Gasteiger partial charge in [-0.15, -0.1) is 22.3 Å². The number of halogens is 1. The number of carbonyl (C=O) groups excluding carboxylic acids is 1. The highest BCUT2D eigenvalue weighted by Gasteiger charge is 2.16. The van der Waals surface area contributed by atoms with Crippen LogP contribution in [-0.4, -0.2) is 31.9 Å². The molecule has 0 aliphatic carbocycles. The first-order chi connectivity index (χ1) is 12.4. The number of hydrogen-bond acceptors (Lipinski definition) is 7. The maximum atomic E-state index is 12.4. The van der Waals surface area contributed by atoms with E-state index < -0.39 is 16.1 Å². The van der Waals surface area contributed by atoms with E-state index in [0.717, 1.165) is 22.7 Å². The molecule has 26 heavy (non-hydrogen) atoms. The third kappa shape index (κ3) is 5.04. The van der Waals surface area contributed by atoms with E-state index in [1.54, 1.807) is 24.4 Å². The minimum Gasteiger partial charge on any atom is -0.449 e. The van der Waals surface area contributed by atoms with Crippen LogP contribution in [0.2, 0.25) is 5.15 Å². The Bertz CT molecular complexity index is 974. The monoisotopic (exact) mass is 434 g/mol. The Balaban J connectivity index is 2.41.